The van der Waals surface area contributed by atoms with Crippen LogP contribution >= 0.6 is 0 Å². The van der Waals surface area contributed by atoms with Crippen LogP contribution in [-0.4, -0.2) is 18.0 Å². The molecular formula is C16H23N. The van der Waals surface area contributed by atoms with Gasteiger partial charge in [-0.1, -0.05) is 42.3 Å². The number of hydrogen-bond acceptors (Lipinski definition) is 1. The summed E-state index contributed by atoms with van der Waals surface area (Å²) in [6, 6.07) is 11.4. The van der Waals surface area contributed by atoms with Crippen molar-refractivity contribution in [1.82, 2.24) is 4.90 Å². The third-order valence-electron chi connectivity index (χ3n) is 3.56. The molecule has 0 saturated carbocycles. The summed E-state index contributed by atoms with van der Waals surface area (Å²) in [6.07, 6.45) is 5.17. The van der Waals surface area contributed by atoms with Gasteiger partial charge in [-0.25, -0.2) is 0 Å². The average molecular weight is 229 g/mol. The number of likely N-dealkylation sites (tertiary alicyclic amines) is 1. The van der Waals surface area contributed by atoms with E-state index in [-0.39, 0.29) is 0 Å². The number of benzene rings is 1. The summed E-state index contributed by atoms with van der Waals surface area (Å²) in [5.41, 5.74) is 2.72. The Kier molecular flexibility index (Phi) is 4.38. The van der Waals surface area contributed by atoms with E-state index in [0.29, 0.717) is 6.04 Å². The van der Waals surface area contributed by atoms with E-state index >= 15 is 0 Å². The van der Waals surface area contributed by atoms with E-state index in [2.05, 4.69) is 48.7 Å². The lowest BCUT2D eigenvalue weighted by atomic mass is 9.96. The van der Waals surface area contributed by atoms with Crippen LogP contribution in [-0.2, 0) is 0 Å². The van der Waals surface area contributed by atoms with Crippen molar-refractivity contribution in [1.29, 1.82) is 0 Å². The van der Waals surface area contributed by atoms with Gasteiger partial charge in [-0.15, -0.1) is 6.58 Å². The van der Waals surface area contributed by atoms with Crippen molar-refractivity contribution in [3.05, 3.63) is 48.0 Å². The molecule has 0 radical (unpaired) electrons. The largest absolute Gasteiger partial charge is 0.296 e. The summed E-state index contributed by atoms with van der Waals surface area (Å²) in [5.74, 6) is 0. The lowest BCUT2D eigenvalue weighted by Gasteiger charge is -2.35. The molecule has 0 bridgehead atoms. The zero-order chi connectivity index (χ0) is 12.1. The van der Waals surface area contributed by atoms with Gasteiger partial charge in [-0.2, -0.15) is 0 Å². The van der Waals surface area contributed by atoms with Crippen LogP contribution in [0.2, 0.25) is 0 Å². The number of piperidine rings is 1. The minimum Gasteiger partial charge on any atom is -0.296 e. The molecule has 1 aliphatic rings. The van der Waals surface area contributed by atoms with Gasteiger partial charge in [0.2, 0.25) is 0 Å². The maximum atomic E-state index is 4.09. The van der Waals surface area contributed by atoms with Crippen molar-refractivity contribution in [3.8, 4) is 0 Å². The molecule has 17 heavy (non-hydrogen) atoms. The van der Waals surface area contributed by atoms with Crippen molar-refractivity contribution < 1.29 is 0 Å². The fraction of sp³-hybridized carbons (Fsp3) is 0.500. The van der Waals surface area contributed by atoms with Crippen LogP contribution in [0.3, 0.4) is 0 Å². The van der Waals surface area contributed by atoms with Gasteiger partial charge in [0.05, 0.1) is 0 Å². The SMILES string of the molecule is C=C(C)CC(c1ccccc1)N1CCCCC1. The van der Waals surface area contributed by atoms with Crippen LogP contribution in [0.15, 0.2) is 42.5 Å². The number of rotatable bonds is 4. The molecule has 1 atom stereocenters. The van der Waals surface area contributed by atoms with Gasteiger partial charge in [0.15, 0.2) is 0 Å². The van der Waals surface area contributed by atoms with Crippen LogP contribution in [0, 0.1) is 0 Å². The van der Waals surface area contributed by atoms with E-state index in [0.717, 1.165) is 6.42 Å². The first-order chi connectivity index (χ1) is 8.27. The highest BCUT2D eigenvalue weighted by Gasteiger charge is 2.21. The monoisotopic (exact) mass is 229 g/mol. The molecule has 1 heteroatoms. The Balaban J connectivity index is 2.15. The van der Waals surface area contributed by atoms with Gasteiger partial charge >= 0.3 is 0 Å². The van der Waals surface area contributed by atoms with Crippen molar-refractivity contribution in [3.63, 3.8) is 0 Å². The smallest absolute Gasteiger partial charge is 0.0384 e. The molecule has 0 N–H and O–H groups in total. The zero-order valence-corrected chi connectivity index (χ0v) is 10.9. The molecule has 0 aliphatic carbocycles. The second kappa shape index (κ2) is 6.02. The zero-order valence-electron chi connectivity index (χ0n) is 10.9. The third kappa shape index (κ3) is 3.44. The summed E-state index contributed by atoms with van der Waals surface area (Å²) < 4.78 is 0. The van der Waals surface area contributed by atoms with Gasteiger partial charge < -0.3 is 0 Å². The topological polar surface area (TPSA) is 3.24 Å². The number of nitrogens with zero attached hydrogens (tertiary/aromatic N) is 1. The van der Waals surface area contributed by atoms with Crippen LogP contribution in [0.5, 0.6) is 0 Å². The van der Waals surface area contributed by atoms with Crippen LogP contribution in [0.4, 0.5) is 0 Å². The molecule has 2 rings (SSSR count). The summed E-state index contributed by atoms with van der Waals surface area (Å²) in [7, 11) is 0. The standard InChI is InChI=1S/C16H23N/c1-14(2)13-16(15-9-5-3-6-10-15)17-11-7-4-8-12-17/h3,5-6,9-10,16H,1,4,7-8,11-13H2,2H3. The molecule has 1 nitrogen and oxygen atoms in total. The highest BCUT2D eigenvalue weighted by molar-refractivity contribution is 5.20. The van der Waals surface area contributed by atoms with Gasteiger partial charge in [-0.05, 0) is 44.8 Å². The van der Waals surface area contributed by atoms with Crippen molar-refractivity contribution in [2.45, 2.75) is 38.6 Å². The Morgan fingerprint density at radius 1 is 1.18 bits per heavy atom. The van der Waals surface area contributed by atoms with Gasteiger partial charge in [0.1, 0.15) is 0 Å². The lowest BCUT2D eigenvalue weighted by Crippen LogP contribution is -2.33. The summed E-state index contributed by atoms with van der Waals surface area (Å²) in [6.45, 7) is 8.71. The fourth-order valence-corrected chi connectivity index (χ4v) is 2.69. The first kappa shape index (κ1) is 12.4. The Morgan fingerprint density at radius 3 is 2.41 bits per heavy atom. The van der Waals surface area contributed by atoms with Gasteiger partial charge in [0, 0.05) is 6.04 Å². The highest BCUT2D eigenvalue weighted by Crippen LogP contribution is 2.29. The Labute approximate surface area is 105 Å². The summed E-state index contributed by atoms with van der Waals surface area (Å²) in [4.78, 5) is 2.63. The molecule has 92 valence electrons. The molecule has 1 unspecified atom stereocenters. The first-order valence-electron chi connectivity index (χ1n) is 6.71. The molecule has 1 aromatic carbocycles. The van der Waals surface area contributed by atoms with Crippen molar-refractivity contribution >= 4 is 0 Å². The highest BCUT2D eigenvalue weighted by atomic mass is 15.2. The maximum Gasteiger partial charge on any atom is 0.0384 e. The minimum atomic E-state index is 0.536. The van der Waals surface area contributed by atoms with E-state index < -0.39 is 0 Å². The van der Waals surface area contributed by atoms with E-state index in [1.807, 2.05) is 0 Å². The van der Waals surface area contributed by atoms with E-state index in [1.165, 1.54) is 43.5 Å². The van der Waals surface area contributed by atoms with Crippen LogP contribution in [0.25, 0.3) is 0 Å². The Bertz CT molecular complexity index is 349. The van der Waals surface area contributed by atoms with Gasteiger partial charge in [-0.3, -0.25) is 4.90 Å². The van der Waals surface area contributed by atoms with Crippen molar-refractivity contribution in [2.75, 3.05) is 13.1 Å². The second-order valence-corrected chi connectivity index (χ2v) is 5.18. The molecule has 1 fully saturated rings. The predicted molar refractivity (Wildman–Crippen MR) is 74.0 cm³/mol. The molecule has 1 saturated heterocycles. The normalized spacial score (nSPS) is 18.9. The van der Waals surface area contributed by atoms with Crippen LogP contribution < -0.4 is 0 Å². The third-order valence-corrected chi connectivity index (χ3v) is 3.56. The molecule has 1 aliphatic heterocycles. The molecule has 1 aromatic rings. The summed E-state index contributed by atoms with van der Waals surface area (Å²) in [5, 5.41) is 0. The van der Waals surface area contributed by atoms with Gasteiger partial charge in [0.25, 0.3) is 0 Å². The molecule has 0 amide bonds. The molecule has 0 spiro atoms. The molecular weight excluding hydrogens is 206 g/mol. The summed E-state index contributed by atoms with van der Waals surface area (Å²) >= 11 is 0. The quantitative estimate of drug-likeness (QED) is 0.700. The van der Waals surface area contributed by atoms with Crippen molar-refractivity contribution in [2.24, 2.45) is 0 Å². The minimum absolute atomic E-state index is 0.536. The second-order valence-electron chi connectivity index (χ2n) is 5.18. The average Bonchev–Trinajstić information content (AvgIpc) is 2.38. The lowest BCUT2D eigenvalue weighted by molar-refractivity contribution is 0.162. The molecule has 0 aromatic heterocycles. The fourth-order valence-electron chi connectivity index (χ4n) is 2.69. The Hall–Kier alpha value is -1.08. The maximum absolute atomic E-state index is 4.09. The predicted octanol–water partition coefficient (Wildman–Crippen LogP) is 4.18. The van der Waals surface area contributed by atoms with E-state index in [1.54, 1.807) is 0 Å². The number of hydrogen-bond donors (Lipinski definition) is 0. The first-order valence-corrected chi connectivity index (χ1v) is 6.71. The van der Waals surface area contributed by atoms with E-state index in [9.17, 15) is 0 Å². The van der Waals surface area contributed by atoms with Crippen LogP contribution in [0.1, 0.15) is 44.2 Å². The van der Waals surface area contributed by atoms with E-state index in [4.69, 9.17) is 0 Å². The Morgan fingerprint density at radius 2 is 1.82 bits per heavy atom. The molecule has 1 heterocycles.